The summed E-state index contributed by atoms with van der Waals surface area (Å²) < 4.78 is 4.71. The average molecular weight is 249 g/mol. The van der Waals surface area contributed by atoms with E-state index in [0.29, 0.717) is 6.04 Å². The van der Waals surface area contributed by atoms with Crippen LogP contribution in [0.3, 0.4) is 0 Å². The zero-order valence-corrected chi connectivity index (χ0v) is 12.6. The molecule has 2 saturated heterocycles. The van der Waals surface area contributed by atoms with E-state index < -0.39 is 0 Å². The number of rotatable bonds is 0. The summed E-state index contributed by atoms with van der Waals surface area (Å²) in [4.78, 5) is 0. The van der Waals surface area contributed by atoms with Crippen molar-refractivity contribution in [3.63, 3.8) is 0 Å². The molecule has 0 radical (unpaired) electrons. The van der Waals surface area contributed by atoms with Crippen molar-refractivity contribution in [3.05, 3.63) is 0 Å². The van der Waals surface area contributed by atoms with Crippen molar-refractivity contribution >= 4 is 11.8 Å². The van der Waals surface area contributed by atoms with Crippen molar-refractivity contribution in [2.24, 2.45) is 11.7 Å². The van der Waals surface area contributed by atoms with Gasteiger partial charge in [0, 0.05) is 0 Å². The number of hydrogen-bond donors (Lipinski definition) is 1. The Bertz CT molecular complexity index is 113. The maximum atomic E-state index is 5.25. The highest BCUT2D eigenvalue weighted by atomic mass is 32.2. The molecule has 16 heavy (non-hydrogen) atoms. The fraction of sp³-hybridized carbons (Fsp3) is 1.00. The predicted octanol–water partition coefficient (Wildman–Crippen LogP) is 3.55. The highest BCUT2D eigenvalue weighted by molar-refractivity contribution is 7.99. The van der Waals surface area contributed by atoms with Crippen LogP contribution in [0.15, 0.2) is 0 Å². The van der Waals surface area contributed by atoms with Crippen LogP contribution in [0.2, 0.25) is 0 Å². The second-order valence-electron chi connectivity index (χ2n) is 3.59. The first-order valence-corrected chi connectivity index (χ1v) is 7.85. The molecule has 0 unspecified atom stereocenters. The van der Waals surface area contributed by atoms with Crippen molar-refractivity contribution in [1.82, 2.24) is 0 Å². The first kappa shape index (κ1) is 18.6. The summed E-state index contributed by atoms with van der Waals surface area (Å²) >= 11 is 2.10. The molecule has 0 aromatic carbocycles. The van der Waals surface area contributed by atoms with Gasteiger partial charge >= 0.3 is 0 Å². The molecule has 0 aromatic rings. The fourth-order valence-electron chi connectivity index (χ4n) is 1.07. The minimum atomic E-state index is 0.343. The Morgan fingerprint density at radius 3 is 1.50 bits per heavy atom. The molecular formula is C13H31NOS. The van der Waals surface area contributed by atoms with Gasteiger partial charge in [-0.3, -0.25) is 0 Å². The van der Waals surface area contributed by atoms with Crippen LogP contribution >= 0.6 is 11.8 Å². The molecule has 2 aliphatic rings. The molecule has 100 valence electrons. The highest BCUT2D eigenvalue weighted by Crippen LogP contribution is 2.21. The van der Waals surface area contributed by atoms with E-state index in [2.05, 4.69) is 18.7 Å². The van der Waals surface area contributed by atoms with Crippen LogP contribution in [0.5, 0.6) is 0 Å². The van der Waals surface area contributed by atoms with Crippen molar-refractivity contribution < 1.29 is 4.74 Å². The molecular weight excluding hydrogens is 218 g/mol. The standard InChI is InChI=1S/C6H12S.C3H7NO.2C2H6/c1-6-2-4-7-5-3-6;4-3-1-5-2-3;2*1-2/h6H,2-5H2,1H3;3H,1-2,4H2;2*1-2H3. The molecule has 2 fully saturated rings. The quantitative estimate of drug-likeness (QED) is 0.713. The van der Waals surface area contributed by atoms with E-state index in [9.17, 15) is 0 Å². The molecule has 2 rings (SSSR count). The first-order chi connectivity index (χ1) is 7.79. The summed E-state index contributed by atoms with van der Waals surface area (Å²) in [5, 5.41) is 0. The Morgan fingerprint density at radius 1 is 1.00 bits per heavy atom. The normalized spacial score (nSPS) is 19.9. The molecule has 2 aliphatic heterocycles. The molecule has 0 aromatic heterocycles. The number of thioether (sulfide) groups is 1. The molecule has 0 bridgehead atoms. The molecule has 2 N–H and O–H groups in total. The number of ether oxygens (including phenoxy) is 1. The molecule has 0 aliphatic carbocycles. The minimum Gasteiger partial charge on any atom is -0.378 e. The molecule has 3 heteroatoms. The van der Waals surface area contributed by atoms with E-state index in [1.54, 1.807) is 0 Å². The van der Waals surface area contributed by atoms with E-state index >= 15 is 0 Å². The molecule has 0 atom stereocenters. The maximum absolute atomic E-state index is 5.25. The summed E-state index contributed by atoms with van der Waals surface area (Å²) in [6.45, 7) is 11.9. The number of hydrogen-bond acceptors (Lipinski definition) is 3. The second kappa shape index (κ2) is 15.3. The summed E-state index contributed by atoms with van der Waals surface area (Å²) in [7, 11) is 0. The second-order valence-corrected chi connectivity index (χ2v) is 4.82. The smallest absolute Gasteiger partial charge is 0.0640 e. The van der Waals surface area contributed by atoms with E-state index in [-0.39, 0.29) is 0 Å². The Hall–Kier alpha value is 0.270. The zero-order valence-electron chi connectivity index (χ0n) is 11.8. The van der Waals surface area contributed by atoms with Gasteiger partial charge in [0.25, 0.3) is 0 Å². The van der Waals surface area contributed by atoms with Gasteiger partial charge in [-0.25, -0.2) is 0 Å². The van der Waals surface area contributed by atoms with Gasteiger partial charge in [-0.05, 0) is 30.3 Å². The molecule has 2 nitrogen and oxygen atoms in total. The first-order valence-electron chi connectivity index (χ1n) is 6.70. The Morgan fingerprint density at radius 2 is 1.38 bits per heavy atom. The van der Waals surface area contributed by atoms with Crippen molar-refractivity contribution in [2.45, 2.75) is 53.5 Å². The lowest BCUT2D eigenvalue weighted by Crippen LogP contribution is -2.41. The van der Waals surface area contributed by atoms with Crippen molar-refractivity contribution in [1.29, 1.82) is 0 Å². The van der Waals surface area contributed by atoms with Crippen molar-refractivity contribution in [3.8, 4) is 0 Å². The minimum absolute atomic E-state index is 0.343. The molecule has 0 amide bonds. The van der Waals surface area contributed by atoms with Gasteiger partial charge in [0.15, 0.2) is 0 Å². The fourth-order valence-corrected chi connectivity index (χ4v) is 2.41. The molecule has 0 saturated carbocycles. The SMILES string of the molecule is CC.CC.CC1CCSCC1.NC1COC1. The van der Waals surface area contributed by atoms with E-state index in [4.69, 9.17) is 10.5 Å². The third kappa shape index (κ3) is 12.3. The van der Waals surface area contributed by atoms with Crippen LogP contribution < -0.4 is 5.73 Å². The van der Waals surface area contributed by atoms with Crippen LogP contribution in [0.1, 0.15) is 47.5 Å². The predicted molar refractivity (Wildman–Crippen MR) is 77.2 cm³/mol. The third-order valence-corrected chi connectivity index (χ3v) is 3.22. The van der Waals surface area contributed by atoms with Gasteiger partial charge < -0.3 is 10.5 Å². The summed E-state index contributed by atoms with van der Waals surface area (Å²) in [6, 6.07) is 0.343. The largest absolute Gasteiger partial charge is 0.378 e. The van der Waals surface area contributed by atoms with Crippen LogP contribution in [-0.2, 0) is 4.74 Å². The topological polar surface area (TPSA) is 35.2 Å². The zero-order chi connectivity index (χ0) is 12.8. The van der Waals surface area contributed by atoms with Crippen molar-refractivity contribution in [2.75, 3.05) is 24.7 Å². The van der Waals surface area contributed by atoms with E-state index in [0.717, 1.165) is 19.1 Å². The Labute approximate surface area is 107 Å². The van der Waals surface area contributed by atoms with Crippen LogP contribution in [-0.4, -0.2) is 30.8 Å². The summed E-state index contributed by atoms with van der Waals surface area (Å²) in [6.07, 6.45) is 2.90. The van der Waals surface area contributed by atoms with Crippen LogP contribution in [0.4, 0.5) is 0 Å². The van der Waals surface area contributed by atoms with Gasteiger partial charge in [-0.1, -0.05) is 34.6 Å². The van der Waals surface area contributed by atoms with Gasteiger partial charge in [0.05, 0.1) is 19.3 Å². The van der Waals surface area contributed by atoms with E-state index in [1.807, 2.05) is 27.7 Å². The van der Waals surface area contributed by atoms with Crippen LogP contribution in [0, 0.1) is 5.92 Å². The highest BCUT2D eigenvalue weighted by Gasteiger charge is 2.10. The lowest BCUT2D eigenvalue weighted by atomic mass is 10.1. The van der Waals surface area contributed by atoms with Gasteiger partial charge in [0.2, 0.25) is 0 Å². The number of nitrogens with two attached hydrogens (primary N) is 1. The monoisotopic (exact) mass is 249 g/mol. The summed E-state index contributed by atoms with van der Waals surface area (Å²) in [5.74, 6) is 3.82. The summed E-state index contributed by atoms with van der Waals surface area (Å²) in [5.41, 5.74) is 5.25. The lowest BCUT2D eigenvalue weighted by Gasteiger charge is -2.20. The lowest BCUT2D eigenvalue weighted by molar-refractivity contribution is 0.0121. The van der Waals surface area contributed by atoms with Gasteiger partial charge in [0.1, 0.15) is 0 Å². The van der Waals surface area contributed by atoms with E-state index in [1.165, 1.54) is 24.3 Å². The van der Waals surface area contributed by atoms with Crippen LogP contribution in [0.25, 0.3) is 0 Å². The average Bonchev–Trinajstić information content (AvgIpc) is 2.33. The Balaban J connectivity index is 0. The van der Waals surface area contributed by atoms with Gasteiger partial charge in [-0.15, -0.1) is 0 Å². The molecule has 0 spiro atoms. The Kier molecular flexibility index (Phi) is 17.8. The van der Waals surface area contributed by atoms with Gasteiger partial charge in [-0.2, -0.15) is 11.8 Å². The molecule has 2 heterocycles. The maximum Gasteiger partial charge on any atom is 0.0640 e. The third-order valence-electron chi connectivity index (χ3n) is 2.17.